The van der Waals surface area contributed by atoms with Gasteiger partial charge in [0.05, 0.1) is 6.04 Å². The molecule has 2 heterocycles. The number of anilines is 1. The third kappa shape index (κ3) is 3.45. The highest BCUT2D eigenvalue weighted by Crippen LogP contribution is 2.23. The number of rotatable bonds is 5. The molecule has 0 fully saturated rings. The highest BCUT2D eigenvalue weighted by Gasteiger charge is 2.12. The van der Waals surface area contributed by atoms with Crippen LogP contribution < -0.4 is 10.9 Å². The van der Waals surface area contributed by atoms with Crippen molar-refractivity contribution in [2.45, 2.75) is 46.1 Å². The van der Waals surface area contributed by atoms with Crippen LogP contribution in [0.3, 0.4) is 0 Å². The van der Waals surface area contributed by atoms with Crippen LogP contribution in [0.2, 0.25) is 0 Å². The third-order valence-electron chi connectivity index (χ3n) is 2.96. The monoisotopic (exact) mass is 292 g/mol. The van der Waals surface area contributed by atoms with Crippen LogP contribution in [-0.2, 0) is 6.42 Å². The zero-order valence-electron chi connectivity index (χ0n) is 12.2. The second kappa shape index (κ2) is 6.17. The van der Waals surface area contributed by atoms with Crippen LogP contribution in [0.4, 0.5) is 5.82 Å². The predicted molar refractivity (Wildman–Crippen MR) is 82.5 cm³/mol. The molecule has 2 rings (SSSR count). The van der Waals surface area contributed by atoms with Crippen molar-refractivity contribution in [3.63, 3.8) is 0 Å². The maximum Gasteiger partial charge on any atom is 0.252 e. The van der Waals surface area contributed by atoms with Crippen molar-refractivity contribution < 1.29 is 0 Å². The molecule has 20 heavy (non-hydrogen) atoms. The standard InChI is InChI=1S/C14H20N4OS/c1-5-10-7-15-14(20-10)9(4)16-11-6-12(19)18-13(17-11)8(2)3/h6-9H,5H2,1-4H3,(H2,16,17,18,19). The van der Waals surface area contributed by atoms with Crippen LogP contribution in [0.15, 0.2) is 17.1 Å². The number of aryl methyl sites for hydroxylation is 1. The Bertz CT molecular complexity index is 632. The molecular weight excluding hydrogens is 272 g/mol. The Labute approximate surface area is 122 Å². The number of aromatic nitrogens is 3. The van der Waals surface area contributed by atoms with Gasteiger partial charge in [-0.2, -0.15) is 0 Å². The highest BCUT2D eigenvalue weighted by atomic mass is 32.1. The quantitative estimate of drug-likeness (QED) is 0.888. The van der Waals surface area contributed by atoms with Crippen molar-refractivity contribution in [3.8, 4) is 0 Å². The molecule has 0 saturated carbocycles. The molecule has 5 nitrogen and oxygen atoms in total. The van der Waals surface area contributed by atoms with E-state index >= 15 is 0 Å². The molecule has 0 aromatic carbocycles. The van der Waals surface area contributed by atoms with Gasteiger partial charge >= 0.3 is 0 Å². The number of aromatic amines is 1. The lowest BCUT2D eigenvalue weighted by Crippen LogP contribution is -2.16. The minimum absolute atomic E-state index is 0.0367. The van der Waals surface area contributed by atoms with Gasteiger partial charge in [-0.1, -0.05) is 20.8 Å². The Morgan fingerprint density at radius 3 is 2.75 bits per heavy atom. The number of thiazole rings is 1. The minimum Gasteiger partial charge on any atom is -0.361 e. The zero-order chi connectivity index (χ0) is 14.7. The summed E-state index contributed by atoms with van der Waals surface area (Å²) in [4.78, 5) is 24.5. The Kier molecular flexibility index (Phi) is 4.54. The molecule has 1 unspecified atom stereocenters. The van der Waals surface area contributed by atoms with E-state index in [0.717, 1.165) is 11.4 Å². The summed E-state index contributed by atoms with van der Waals surface area (Å²) in [6, 6.07) is 1.52. The van der Waals surface area contributed by atoms with E-state index in [0.29, 0.717) is 11.6 Å². The molecule has 0 radical (unpaired) electrons. The Hall–Kier alpha value is -1.69. The molecule has 0 aliphatic carbocycles. The van der Waals surface area contributed by atoms with Gasteiger partial charge in [-0.15, -0.1) is 11.3 Å². The first-order valence-electron chi connectivity index (χ1n) is 6.82. The Balaban J connectivity index is 2.18. The van der Waals surface area contributed by atoms with Crippen LogP contribution >= 0.6 is 11.3 Å². The van der Waals surface area contributed by atoms with E-state index in [2.05, 4.69) is 27.2 Å². The molecule has 0 amide bonds. The summed E-state index contributed by atoms with van der Waals surface area (Å²) < 4.78 is 0. The van der Waals surface area contributed by atoms with E-state index in [1.165, 1.54) is 10.9 Å². The van der Waals surface area contributed by atoms with Crippen LogP contribution in [0.5, 0.6) is 0 Å². The van der Waals surface area contributed by atoms with E-state index in [1.807, 2.05) is 27.0 Å². The molecular formula is C14H20N4OS. The lowest BCUT2D eigenvalue weighted by Gasteiger charge is -2.13. The lowest BCUT2D eigenvalue weighted by atomic mass is 10.2. The number of hydrogen-bond acceptors (Lipinski definition) is 5. The van der Waals surface area contributed by atoms with Gasteiger partial charge in [0.25, 0.3) is 5.56 Å². The number of nitrogens with zero attached hydrogens (tertiary/aromatic N) is 2. The minimum atomic E-state index is -0.133. The summed E-state index contributed by atoms with van der Waals surface area (Å²) in [5.41, 5.74) is -0.133. The van der Waals surface area contributed by atoms with Crippen molar-refractivity contribution in [2.75, 3.05) is 5.32 Å². The average molecular weight is 292 g/mol. The van der Waals surface area contributed by atoms with Crippen molar-refractivity contribution in [2.24, 2.45) is 0 Å². The summed E-state index contributed by atoms with van der Waals surface area (Å²) in [6.07, 6.45) is 2.90. The molecule has 0 bridgehead atoms. The van der Waals surface area contributed by atoms with Crippen molar-refractivity contribution in [1.29, 1.82) is 0 Å². The maximum atomic E-state index is 11.6. The number of H-pyrrole nitrogens is 1. The zero-order valence-corrected chi connectivity index (χ0v) is 13.0. The largest absolute Gasteiger partial charge is 0.361 e. The summed E-state index contributed by atoms with van der Waals surface area (Å²) in [5, 5.41) is 4.26. The second-order valence-electron chi connectivity index (χ2n) is 5.05. The molecule has 2 aromatic heterocycles. The van der Waals surface area contributed by atoms with Crippen LogP contribution in [-0.4, -0.2) is 15.0 Å². The molecule has 2 N–H and O–H groups in total. The molecule has 2 aromatic rings. The van der Waals surface area contributed by atoms with Gasteiger partial charge in [-0.05, 0) is 13.3 Å². The van der Waals surface area contributed by atoms with E-state index in [9.17, 15) is 4.79 Å². The summed E-state index contributed by atoms with van der Waals surface area (Å²) in [6.45, 7) is 8.14. The molecule has 0 saturated heterocycles. The van der Waals surface area contributed by atoms with Gasteiger partial charge < -0.3 is 10.3 Å². The molecule has 6 heteroatoms. The Morgan fingerprint density at radius 2 is 2.15 bits per heavy atom. The Morgan fingerprint density at radius 1 is 1.40 bits per heavy atom. The average Bonchev–Trinajstić information content (AvgIpc) is 2.86. The fraction of sp³-hybridized carbons (Fsp3) is 0.500. The maximum absolute atomic E-state index is 11.6. The van der Waals surface area contributed by atoms with Gasteiger partial charge in [0.2, 0.25) is 0 Å². The summed E-state index contributed by atoms with van der Waals surface area (Å²) in [5.74, 6) is 1.48. The molecule has 0 aliphatic heterocycles. The van der Waals surface area contributed by atoms with Crippen LogP contribution in [0.1, 0.15) is 55.4 Å². The van der Waals surface area contributed by atoms with Crippen molar-refractivity contribution in [3.05, 3.63) is 38.3 Å². The third-order valence-corrected chi connectivity index (χ3v) is 4.29. The van der Waals surface area contributed by atoms with Gasteiger partial charge in [0.1, 0.15) is 16.6 Å². The van der Waals surface area contributed by atoms with E-state index in [4.69, 9.17) is 0 Å². The first kappa shape index (κ1) is 14.7. The fourth-order valence-electron chi connectivity index (χ4n) is 1.79. The van der Waals surface area contributed by atoms with Gasteiger partial charge in [-0.25, -0.2) is 9.97 Å². The lowest BCUT2D eigenvalue weighted by molar-refractivity contribution is 0.760. The van der Waals surface area contributed by atoms with Crippen LogP contribution in [0, 0.1) is 0 Å². The topological polar surface area (TPSA) is 70.7 Å². The smallest absolute Gasteiger partial charge is 0.252 e. The van der Waals surface area contributed by atoms with Gasteiger partial charge in [0.15, 0.2) is 0 Å². The summed E-state index contributed by atoms with van der Waals surface area (Å²) in [7, 11) is 0. The van der Waals surface area contributed by atoms with Gasteiger partial charge in [-0.3, -0.25) is 4.79 Å². The fourth-order valence-corrected chi connectivity index (χ4v) is 2.65. The molecule has 108 valence electrons. The first-order chi connectivity index (χ1) is 9.49. The van der Waals surface area contributed by atoms with Crippen LogP contribution in [0.25, 0.3) is 0 Å². The SMILES string of the molecule is CCc1cnc(C(C)Nc2cc(=O)[nH]c(C(C)C)n2)s1. The van der Waals surface area contributed by atoms with Crippen molar-refractivity contribution in [1.82, 2.24) is 15.0 Å². The van der Waals surface area contributed by atoms with Crippen molar-refractivity contribution >= 4 is 17.2 Å². The normalized spacial score (nSPS) is 12.7. The molecule has 0 aliphatic rings. The number of hydrogen-bond donors (Lipinski definition) is 2. The highest BCUT2D eigenvalue weighted by molar-refractivity contribution is 7.11. The second-order valence-corrected chi connectivity index (χ2v) is 6.20. The van der Waals surface area contributed by atoms with E-state index in [1.54, 1.807) is 11.3 Å². The first-order valence-corrected chi connectivity index (χ1v) is 7.63. The molecule has 1 atom stereocenters. The number of nitrogens with one attached hydrogen (secondary N) is 2. The predicted octanol–water partition coefficient (Wildman–Crippen LogP) is 3.09. The molecule has 0 spiro atoms. The van der Waals surface area contributed by atoms with E-state index < -0.39 is 0 Å². The van der Waals surface area contributed by atoms with Gasteiger partial charge in [0, 0.05) is 23.1 Å². The van der Waals surface area contributed by atoms with E-state index in [-0.39, 0.29) is 17.5 Å². The summed E-state index contributed by atoms with van der Waals surface area (Å²) >= 11 is 1.69.